The second-order valence-corrected chi connectivity index (χ2v) is 9.06. The maximum absolute atomic E-state index is 12.5. The number of hydrogen-bond donors (Lipinski definition) is 2. The minimum absolute atomic E-state index is 0.129. The summed E-state index contributed by atoms with van der Waals surface area (Å²) in [5.74, 6) is -1.00. The quantitative estimate of drug-likeness (QED) is 0.196. The molecule has 0 bridgehead atoms. The first-order valence-corrected chi connectivity index (χ1v) is 13.0. The third kappa shape index (κ3) is 9.92. The predicted molar refractivity (Wildman–Crippen MR) is 141 cm³/mol. The molecule has 0 fully saturated rings. The van der Waals surface area contributed by atoms with Gasteiger partial charge < -0.3 is 15.4 Å². The van der Waals surface area contributed by atoms with Crippen molar-refractivity contribution >= 4 is 29.5 Å². The molecule has 1 heterocycles. The summed E-state index contributed by atoms with van der Waals surface area (Å²) in [6, 6.07) is 23.3. The highest BCUT2D eigenvalue weighted by Gasteiger charge is 2.16. The van der Waals surface area contributed by atoms with Gasteiger partial charge in [-0.15, -0.1) is 0 Å². The highest BCUT2D eigenvalue weighted by Crippen LogP contribution is 2.20. The Balaban J connectivity index is 1.34. The van der Waals surface area contributed by atoms with Crippen LogP contribution in [0.15, 0.2) is 84.0 Å². The molecule has 2 N–H and O–H groups in total. The van der Waals surface area contributed by atoms with E-state index in [4.69, 9.17) is 4.74 Å². The van der Waals surface area contributed by atoms with Crippen molar-refractivity contribution in [1.29, 1.82) is 0 Å². The molecule has 0 aliphatic rings. The largest absolute Gasteiger partial charge is 0.452 e. The first-order valence-electron chi connectivity index (χ1n) is 12.0. The van der Waals surface area contributed by atoms with Gasteiger partial charge >= 0.3 is 5.97 Å². The molecule has 1 aromatic heterocycles. The van der Waals surface area contributed by atoms with Gasteiger partial charge in [-0.05, 0) is 48.9 Å². The molecular formula is C28H31N3O4S. The summed E-state index contributed by atoms with van der Waals surface area (Å²) in [7, 11) is 0. The molecule has 7 nitrogen and oxygen atoms in total. The first-order chi connectivity index (χ1) is 17.6. The van der Waals surface area contributed by atoms with E-state index < -0.39 is 5.97 Å². The number of nitrogens with zero attached hydrogens (tertiary/aromatic N) is 1. The molecule has 0 saturated heterocycles. The molecule has 2 aromatic carbocycles. The fourth-order valence-electron chi connectivity index (χ4n) is 3.44. The van der Waals surface area contributed by atoms with Crippen LogP contribution < -0.4 is 10.6 Å². The van der Waals surface area contributed by atoms with Gasteiger partial charge in [0.1, 0.15) is 5.03 Å². The van der Waals surface area contributed by atoms with Crippen molar-refractivity contribution in [2.24, 2.45) is 0 Å². The zero-order valence-electron chi connectivity index (χ0n) is 20.2. The number of nitrogens with one attached hydrogen (secondary N) is 2. The molecule has 0 spiro atoms. The maximum Gasteiger partial charge on any atom is 0.341 e. The smallest absolute Gasteiger partial charge is 0.341 e. The Hall–Kier alpha value is -3.65. The van der Waals surface area contributed by atoms with Crippen LogP contribution in [-0.2, 0) is 27.2 Å². The van der Waals surface area contributed by atoms with E-state index in [9.17, 15) is 14.4 Å². The fourth-order valence-corrected chi connectivity index (χ4v) is 4.25. The Labute approximate surface area is 216 Å². The number of hydrogen-bond acceptors (Lipinski definition) is 6. The molecule has 0 saturated carbocycles. The number of amides is 2. The standard InChI is InChI=1S/C28H31N3O4S/c32-25(29-17-7-14-22-10-3-1-4-11-22)20-35-28(34)24-16-9-19-31-27(24)36-21-26(33)30-18-8-15-23-12-5-2-6-13-23/h1-6,9-13,16,19H,7-8,14-15,17-18,20-21H2,(H,29,32)(H,30,33). The van der Waals surface area contributed by atoms with Crippen LogP contribution in [0.4, 0.5) is 0 Å². The van der Waals surface area contributed by atoms with Gasteiger partial charge in [0.2, 0.25) is 5.91 Å². The van der Waals surface area contributed by atoms with Crippen molar-refractivity contribution < 1.29 is 19.1 Å². The summed E-state index contributed by atoms with van der Waals surface area (Å²) >= 11 is 1.16. The number of ether oxygens (including phenoxy) is 1. The molecule has 0 unspecified atom stereocenters. The lowest BCUT2D eigenvalue weighted by Gasteiger charge is -2.09. The lowest BCUT2D eigenvalue weighted by atomic mass is 10.1. The van der Waals surface area contributed by atoms with Crippen LogP contribution in [0, 0.1) is 0 Å². The van der Waals surface area contributed by atoms with E-state index in [0.29, 0.717) is 18.1 Å². The minimum atomic E-state index is -0.645. The summed E-state index contributed by atoms with van der Waals surface area (Å²) in [6.45, 7) is 0.705. The third-order valence-corrected chi connectivity index (χ3v) is 6.29. The Bertz CT molecular complexity index is 1110. The summed E-state index contributed by atoms with van der Waals surface area (Å²) in [5, 5.41) is 6.04. The molecule has 36 heavy (non-hydrogen) atoms. The van der Waals surface area contributed by atoms with E-state index in [1.54, 1.807) is 18.3 Å². The molecule has 3 aromatic rings. The molecule has 0 aliphatic carbocycles. The van der Waals surface area contributed by atoms with Gasteiger partial charge in [-0.2, -0.15) is 0 Å². The minimum Gasteiger partial charge on any atom is -0.452 e. The van der Waals surface area contributed by atoms with E-state index in [1.807, 2.05) is 48.5 Å². The Morgan fingerprint density at radius 1 is 0.750 bits per heavy atom. The zero-order chi connectivity index (χ0) is 25.4. The average Bonchev–Trinajstić information content (AvgIpc) is 2.92. The second-order valence-electron chi connectivity index (χ2n) is 8.10. The Morgan fingerprint density at radius 2 is 1.33 bits per heavy atom. The van der Waals surface area contributed by atoms with Crippen LogP contribution in [0.3, 0.4) is 0 Å². The summed E-state index contributed by atoms with van der Waals surface area (Å²) < 4.78 is 5.17. The highest BCUT2D eigenvalue weighted by molar-refractivity contribution is 8.00. The van der Waals surface area contributed by atoms with Crippen molar-refractivity contribution in [3.63, 3.8) is 0 Å². The molecule has 8 heteroatoms. The van der Waals surface area contributed by atoms with E-state index in [-0.39, 0.29) is 29.7 Å². The van der Waals surface area contributed by atoms with Crippen LogP contribution in [0.25, 0.3) is 0 Å². The van der Waals surface area contributed by atoms with Gasteiger partial charge in [0.25, 0.3) is 5.91 Å². The van der Waals surface area contributed by atoms with E-state index in [0.717, 1.165) is 37.4 Å². The summed E-state index contributed by atoms with van der Waals surface area (Å²) in [4.78, 5) is 41.0. The summed E-state index contributed by atoms with van der Waals surface area (Å²) in [5.41, 5.74) is 2.68. The predicted octanol–water partition coefficient (Wildman–Crippen LogP) is 3.83. The van der Waals surface area contributed by atoms with Crippen molar-refractivity contribution in [2.45, 2.75) is 30.7 Å². The number of carbonyl (C=O) groups excluding carboxylic acids is 3. The molecule has 0 aliphatic heterocycles. The lowest BCUT2D eigenvalue weighted by molar-refractivity contribution is -0.124. The van der Waals surface area contributed by atoms with Crippen LogP contribution in [0.5, 0.6) is 0 Å². The van der Waals surface area contributed by atoms with E-state index >= 15 is 0 Å². The number of aromatic nitrogens is 1. The topological polar surface area (TPSA) is 97.4 Å². The highest BCUT2D eigenvalue weighted by atomic mass is 32.2. The number of pyridine rings is 1. The molecule has 188 valence electrons. The van der Waals surface area contributed by atoms with Crippen molar-refractivity contribution in [3.8, 4) is 0 Å². The van der Waals surface area contributed by atoms with E-state index in [1.165, 1.54) is 11.1 Å². The van der Waals surface area contributed by atoms with Crippen LogP contribution >= 0.6 is 11.8 Å². The number of benzene rings is 2. The molecular weight excluding hydrogens is 474 g/mol. The monoisotopic (exact) mass is 505 g/mol. The van der Waals surface area contributed by atoms with Gasteiger partial charge in [-0.1, -0.05) is 72.4 Å². The first kappa shape index (κ1) is 26.9. The molecule has 0 radical (unpaired) electrons. The number of esters is 1. The van der Waals surface area contributed by atoms with Gasteiger partial charge in [-0.25, -0.2) is 9.78 Å². The maximum atomic E-state index is 12.5. The number of thioether (sulfide) groups is 1. The van der Waals surface area contributed by atoms with Crippen LogP contribution in [0.1, 0.15) is 34.3 Å². The van der Waals surface area contributed by atoms with Crippen molar-refractivity contribution in [1.82, 2.24) is 15.6 Å². The van der Waals surface area contributed by atoms with Crippen molar-refractivity contribution in [3.05, 3.63) is 95.7 Å². The van der Waals surface area contributed by atoms with Gasteiger partial charge in [0.05, 0.1) is 11.3 Å². The van der Waals surface area contributed by atoms with Gasteiger partial charge in [-0.3, -0.25) is 9.59 Å². The average molecular weight is 506 g/mol. The normalized spacial score (nSPS) is 10.4. The van der Waals surface area contributed by atoms with Crippen LogP contribution in [-0.4, -0.2) is 48.2 Å². The number of aryl methyl sites for hydroxylation is 2. The number of rotatable bonds is 14. The third-order valence-electron chi connectivity index (χ3n) is 5.28. The van der Waals surface area contributed by atoms with E-state index in [2.05, 4.69) is 27.8 Å². The van der Waals surface area contributed by atoms with Crippen molar-refractivity contribution in [2.75, 3.05) is 25.4 Å². The zero-order valence-corrected chi connectivity index (χ0v) is 21.0. The SMILES string of the molecule is O=C(COC(=O)c1cccnc1SCC(=O)NCCCc1ccccc1)NCCCc1ccccc1. The molecule has 0 atom stereocenters. The lowest BCUT2D eigenvalue weighted by Crippen LogP contribution is -2.30. The second kappa shape index (κ2) is 15.4. The molecule has 2 amide bonds. The molecule has 3 rings (SSSR count). The Kier molecular flexibility index (Phi) is 11.5. The van der Waals surface area contributed by atoms with Gasteiger partial charge in [0, 0.05) is 19.3 Å². The summed E-state index contributed by atoms with van der Waals surface area (Å²) in [6.07, 6.45) is 4.94. The van der Waals surface area contributed by atoms with Crippen LogP contribution in [0.2, 0.25) is 0 Å². The fraction of sp³-hybridized carbons (Fsp3) is 0.286. The number of carbonyl (C=O) groups is 3. The Morgan fingerprint density at radius 3 is 1.94 bits per heavy atom. The van der Waals surface area contributed by atoms with Gasteiger partial charge in [0.15, 0.2) is 6.61 Å².